The summed E-state index contributed by atoms with van der Waals surface area (Å²) in [4.78, 5) is 0. The molecule has 2 N–H and O–H groups in total. The number of halogens is 2. The number of alkyl halides is 2. The predicted octanol–water partition coefficient (Wildman–Crippen LogP) is 2.07. The van der Waals surface area contributed by atoms with E-state index in [0.29, 0.717) is 0 Å². The summed E-state index contributed by atoms with van der Waals surface area (Å²) in [6, 6.07) is 4.86. The van der Waals surface area contributed by atoms with Crippen molar-refractivity contribution in [2.75, 3.05) is 0 Å². The van der Waals surface area contributed by atoms with Gasteiger partial charge in [0.1, 0.15) is 0 Å². The average molecular weight is 270 g/mol. The van der Waals surface area contributed by atoms with Gasteiger partial charge < -0.3 is 9.11 Å². The predicted molar refractivity (Wildman–Crippen MR) is 55.7 cm³/mol. The summed E-state index contributed by atoms with van der Waals surface area (Å²) in [5.41, 5.74) is -5.42. The van der Waals surface area contributed by atoms with E-state index in [2.05, 4.69) is 0 Å². The molecule has 0 spiro atoms. The summed E-state index contributed by atoms with van der Waals surface area (Å²) < 4.78 is 64.6. The zero-order chi connectivity index (χ0) is 12.3. The summed E-state index contributed by atoms with van der Waals surface area (Å²) in [6.07, 6.45) is 0. The maximum absolute atomic E-state index is 13.2. The third kappa shape index (κ3) is 2.91. The first kappa shape index (κ1) is 13.4. The first-order chi connectivity index (χ1) is 7.45. The van der Waals surface area contributed by atoms with E-state index < -0.39 is 44.3 Å². The van der Waals surface area contributed by atoms with Crippen LogP contribution in [0.1, 0.15) is 22.1 Å². The van der Waals surface area contributed by atoms with Crippen LogP contribution in [0.3, 0.4) is 0 Å². The minimum Gasteiger partial charge on any atom is -0.304 e. The second kappa shape index (κ2) is 5.58. The molecule has 0 bridgehead atoms. The van der Waals surface area contributed by atoms with Gasteiger partial charge in [-0.3, -0.25) is 0 Å². The molecule has 1 aromatic rings. The van der Waals surface area contributed by atoms with Crippen LogP contribution in [-0.2, 0) is 22.2 Å². The van der Waals surface area contributed by atoms with E-state index in [1.807, 2.05) is 0 Å². The minimum atomic E-state index is -2.82. The summed E-state index contributed by atoms with van der Waals surface area (Å²) in [5, 5.41) is 0. The van der Waals surface area contributed by atoms with Crippen LogP contribution in [0.2, 0.25) is 0 Å². The van der Waals surface area contributed by atoms with E-state index in [9.17, 15) is 17.2 Å². The lowest BCUT2D eigenvalue weighted by atomic mass is 10.1. The molecule has 0 heterocycles. The van der Waals surface area contributed by atoms with Crippen molar-refractivity contribution in [3.63, 3.8) is 0 Å². The lowest BCUT2D eigenvalue weighted by Crippen LogP contribution is -2.08. The van der Waals surface area contributed by atoms with Crippen LogP contribution in [0.15, 0.2) is 24.3 Å². The fraction of sp³-hybridized carbons (Fsp3) is 0.250. The summed E-state index contributed by atoms with van der Waals surface area (Å²) >= 11 is -5.63. The molecule has 8 heteroatoms. The van der Waals surface area contributed by atoms with Gasteiger partial charge in [-0.2, -0.15) is 0 Å². The molecule has 0 aliphatic heterocycles. The van der Waals surface area contributed by atoms with E-state index in [1.165, 1.54) is 12.1 Å². The Labute approximate surface area is 95.2 Å². The molecule has 90 valence electrons. The second-order valence-corrected chi connectivity index (χ2v) is 4.75. The second-order valence-electron chi connectivity index (χ2n) is 2.81. The molecule has 16 heavy (non-hydrogen) atoms. The first-order valence-corrected chi connectivity index (χ1v) is 6.35. The van der Waals surface area contributed by atoms with Gasteiger partial charge in [-0.05, 0) is 0 Å². The molecule has 0 aliphatic carbocycles. The standard InChI is InChI=1S/C8H8F2O4S2/c9-7(15(11)12)5-3-1-2-4-6(5)8(10)16(13)14/h1-4,7-8H,(H,11,12)(H,13,14). The van der Waals surface area contributed by atoms with E-state index in [0.717, 1.165) is 12.1 Å². The highest BCUT2D eigenvalue weighted by molar-refractivity contribution is 7.79. The van der Waals surface area contributed by atoms with Crippen LogP contribution in [0.4, 0.5) is 8.78 Å². The van der Waals surface area contributed by atoms with Crippen LogP contribution in [0.5, 0.6) is 0 Å². The Morgan fingerprint density at radius 3 is 1.50 bits per heavy atom. The highest BCUT2D eigenvalue weighted by Crippen LogP contribution is 2.31. The minimum absolute atomic E-state index is 0.404. The first-order valence-electron chi connectivity index (χ1n) is 4.01. The third-order valence-corrected chi connectivity index (χ3v) is 3.06. The molecular weight excluding hydrogens is 262 g/mol. The Kier molecular flexibility index (Phi) is 4.66. The van der Waals surface area contributed by atoms with Gasteiger partial charge in [-0.15, -0.1) is 0 Å². The van der Waals surface area contributed by atoms with Crippen molar-refractivity contribution in [1.82, 2.24) is 0 Å². The van der Waals surface area contributed by atoms with Gasteiger partial charge in [0.15, 0.2) is 22.2 Å². The van der Waals surface area contributed by atoms with Gasteiger partial charge >= 0.3 is 0 Å². The van der Waals surface area contributed by atoms with E-state index in [-0.39, 0.29) is 0 Å². The van der Waals surface area contributed by atoms with Crippen molar-refractivity contribution in [1.29, 1.82) is 0 Å². The number of hydrogen-bond acceptors (Lipinski definition) is 2. The molecule has 0 saturated heterocycles. The lowest BCUT2D eigenvalue weighted by Gasteiger charge is -2.12. The molecule has 4 atom stereocenters. The van der Waals surface area contributed by atoms with Gasteiger partial charge in [-0.1, -0.05) is 24.3 Å². The van der Waals surface area contributed by atoms with Crippen molar-refractivity contribution >= 4 is 22.2 Å². The Hall–Kier alpha value is -0.700. The van der Waals surface area contributed by atoms with Gasteiger partial charge in [0.25, 0.3) is 0 Å². The zero-order valence-corrected chi connectivity index (χ0v) is 9.38. The molecule has 1 aromatic carbocycles. The van der Waals surface area contributed by atoms with Crippen LogP contribution >= 0.6 is 0 Å². The fourth-order valence-electron chi connectivity index (χ4n) is 1.14. The molecule has 0 saturated carbocycles. The third-order valence-electron chi connectivity index (χ3n) is 1.84. The van der Waals surface area contributed by atoms with Crippen molar-refractivity contribution < 1.29 is 26.3 Å². The molecule has 0 aliphatic rings. The van der Waals surface area contributed by atoms with Gasteiger partial charge in [0.05, 0.1) is 0 Å². The van der Waals surface area contributed by atoms with Crippen LogP contribution in [0, 0.1) is 0 Å². The van der Waals surface area contributed by atoms with Crippen LogP contribution < -0.4 is 0 Å². The van der Waals surface area contributed by atoms with Crippen LogP contribution in [0.25, 0.3) is 0 Å². The Morgan fingerprint density at radius 1 is 0.938 bits per heavy atom. The molecule has 1 rings (SSSR count). The monoisotopic (exact) mass is 270 g/mol. The van der Waals surface area contributed by atoms with Crippen molar-refractivity contribution in [2.45, 2.75) is 11.0 Å². The number of benzene rings is 1. The quantitative estimate of drug-likeness (QED) is 0.821. The van der Waals surface area contributed by atoms with Crippen molar-refractivity contribution in [2.24, 2.45) is 0 Å². The molecule has 0 radical (unpaired) electrons. The highest BCUT2D eigenvalue weighted by atomic mass is 32.2. The Balaban J connectivity index is 3.19. The summed E-state index contributed by atoms with van der Waals surface area (Å²) in [6.45, 7) is 0. The van der Waals surface area contributed by atoms with Crippen molar-refractivity contribution in [3.05, 3.63) is 35.4 Å². The average Bonchev–Trinajstić information content (AvgIpc) is 2.26. The highest BCUT2D eigenvalue weighted by Gasteiger charge is 2.26. The van der Waals surface area contributed by atoms with E-state index >= 15 is 0 Å². The zero-order valence-electron chi connectivity index (χ0n) is 7.75. The van der Waals surface area contributed by atoms with Gasteiger partial charge in [0.2, 0.25) is 11.0 Å². The molecular formula is C8H8F2O4S2. The largest absolute Gasteiger partial charge is 0.304 e. The molecule has 0 aromatic heterocycles. The molecule has 0 fully saturated rings. The summed E-state index contributed by atoms with van der Waals surface area (Å²) in [7, 11) is 0. The van der Waals surface area contributed by atoms with E-state index in [1.54, 1.807) is 0 Å². The Bertz CT molecular complexity index is 387. The van der Waals surface area contributed by atoms with E-state index in [4.69, 9.17) is 9.11 Å². The maximum Gasteiger partial charge on any atom is 0.225 e. The van der Waals surface area contributed by atoms with Crippen LogP contribution in [-0.4, -0.2) is 17.5 Å². The fourth-order valence-corrected chi connectivity index (χ4v) is 2.01. The van der Waals surface area contributed by atoms with Gasteiger partial charge in [0, 0.05) is 11.1 Å². The topological polar surface area (TPSA) is 74.6 Å². The van der Waals surface area contributed by atoms with Crippen molar-refractivity contribution in [3.8, 4) is 0 Å². The molecule has 4 unspecified atom stereocenters. The summed E-state index contributed by atoms with van der Waals surface area (Å²) in [5.74, 6) is 0. The smallest absolute Gasteiger partial charge is 0.225 e. The Morgan fingerprint density at radius 2 is 1.25 bits per heavy atom. The lowest BCUT2D eigenvalue weighted by molar-refractivity contribution is 0.394. The molecule has 4 nitrogen and oxygen atoms in total. The SMILES string of the molecule is O=S(O)C(F)c1ccccc1C(F)S(=O)O. The molecule has 0 amide bonds. The number of rotatable bonds is 4. The number of hydrogen-bond donors (Lipinski definition) is 2. The van der Waals surface area contributed by atoms with Gasteiger partial charge in [-0.25, -0.2) is 17.2 Å². The normalized spacial score (nSPS) is 18.8. The maximum atomic E-state index is 13.2.